The predicted molar refractivity (Wildman–Crippen MR) is 88.0 cm³/mol. The second kappa shape index (κ2) is 8.16. The number of aliphatic hydroxyl groups excluding tert-OH is 1. The van der Waals surface area contributed by atoms with Crippen molar-refractivity contribution < 1.29 is 18.3 Å². The number of hydrogen-bond donors (Lipinski definition) is 1. The summed E-state index contributed by atoms with van der Waals surface area (Å²) in [6.45, 7) is 4.80. The first-order chi connectivity index (χ1) is 11.3. The first kappa shape index (κ1) is 19.0. The van der Waals surface area contributed by atoms with E-state index in [1.54, 1.807) is 0 Å². The standard InChI is InChI=1S/C10H11F3N2.C7H15NO/c11-10(12,13)8-3-4-14-9(7-8)15-5-1-2-6-15;1-6-5-7(9)3-4-8(6)2/h3-4,7H,1-2,5-6H2;6-7,9H,3-5H2,1-2H3. The van der Waals surface area contributed by atoms with Crippen molar-refractivity contribution in [3.05, 3.63) is 23.9 Å². The number of rotatable bonds is 1. The van der Waals surface area contributed by atoms with E-state index in [4.69, 9.17) is 0 Å². The molecular formula is C17H26F3N3O. The number of aromatic nitrogens is 1. The van der Waals surface area contributed by atoms with Gasteiger partial charge in [-0.1, -0.05) is 0 Å². The lowest BCUT2D eigenvalue weighted by Gasteiger charge is -2.32. The number of hydrogen-bond acceptors (Lipinski definition) is 4. The summed E-state index contributed by atoms with van der Waals surface area (Å²) >= 11 is 0. The van der Waals surface area contributed by atoms with E-state index in [0.29, 0.717) is 11.9 Å². The summed E-state index contributed by atoms with van der Waals surface area (Å²) in [7, 11) is 2.11. The number of nitrogens with zero attached hydrogens (tertiary/aromatic N) is 3. The van der Waals surface area contributed by atoms with Crippen molar-refractivity contribution in [2.45, 2.75) is 50.9 Å². The van der Waals surface area contributed by atoms with Crippen molar-refractivity contribution in [2.75, 3.05) is 31.6 Å². The lowest BCUT2D eigenvalue weighted by atomic mass is 10.0. The number of aliphatic hydroxyl groups is 1. The number of piperidine rings is 1. The second-order valence-corrected chi connectivity index (χ2v) is 6.60. The first-order valence-corrected chi connectivity index (χ1v) is 8.44. The van der Waals surface area contributed by atoms with Gasteiger partial charge in [0, 0.05) is 31.9 Å². The van der Waals surface area contributed by atoms with Crippen LogP contribution in [0, 0.1) is 0 Å². The molecule has 2 atom stereocenters. The molecule has 136 valence electrons. The van der Waals surface area contributed by atoms with Crippen LogP contribution in [0.1, 0.15) is 38.2 Å². The van der Waals surface area contributed by atoms with Gasteiger partial charge in [-0.05, 0) is 51.8 Å². The minimum absolute atomic E-state index is 0.0452. The van der Waals surface area contributed by atoms with E-state index < -0.39 is 11.7 Å². The molecule has 0 bridgehead atoms. The Labute approximate surface area is 141 Å². The number of likely N-dealkylation sites (tertiary alicyclic amines) is 1. The largest absolute Gasteiger partial charge is 0.416 e. The molecule has 0 saturated carbocycles. The Kier molecular flexibility index (Phi) is 6.46. The number of alkyl halides is 3. The van der Waals surface area contributed by atoms with E-state index in [9.17, 15) is 18.3 Å². The fourth-order valence-corrected chi connectivity index (χ4v) is 2.98. The van der Waals surface area contributed by atoms with Gasteiger partial charge in [0.2, 0.25) is 0 Å². The molecule has 3 heterocycles. The molecule has 7 heteroatoms. The molecule has 2 unspecified atom stereocenters. The minimum Gasteiger partial charge on any atom is -0.393 e. The van der Waals surface area contributed by atoms with Crippen molar-refractivity contribution in [1.29, 1.82) is 0 Å². The van der Waals surface area contributed by atoms with Crippen LogP contribution in [0.15, 0.2) is 18.3 Å². The Bertz CT molecular complexity index is 518. The van der Waals surface area contributed by atoms with Crippen LogP contribution in [0.4, 0.5) is 19.0 Å². The highest BCUT2D eigenvalue weighted by Gasteiger charge is 2.31. The summed E-state index contributed by atoms with van der Waals surface area (Å²) in [6.07, 6.45) is 0.831. The molecule has 0 radical (unpaired) electrons. The van der Waals surface area contributed by atoms with Gasteiger partial charge in [0.15, 0.2) is 0 Å². The quantitative estimate of drug-likeness (QED) is 0.849. The van der Waals surface area contributed by atoms with Crippen molar-refractivity contribution in [2.24, 2.45) is 0 Å². The lowest BCUT2D eigenvalue weighted by molar-refractivity contribution is -0.137. The summed E-state index contributed by atoms with van der Waals surface area (Å²) < 4.78 is 37.2. The zero-order valence-electron chi connectivity index (χ0n) is 14.3. The van der Waals surface area contributed by atoms with E-state index in [1.165, 1.54) is 6.20 Å². The maximum Gasteiger partial charge on any atom is 0.416 e. The molecule has 0 spiro atoms. The molecular weight excluding hydrogens is 319 g/mol. The molecule has 24 heavy (non-hydrogen) atoms. The Hall–Kier alpha value is -1.34. The Balaban J connectivity index is 0.000000198. The molecule has 1 N–H and O–H groups in total. The molecule has 1 aromatic rings. The predicted octanol–water partition coefficient (Wildman–Crippen LogP) is 3.16. The smallest absolute Gasteiger partial charge is 0.393 e. The SMILES string of the molecule is CC1CC(O)CCN1C.FC(F)(F)c1ccnc(N2CCCC2)c1. The maximum atomic E-state index is 12.4. The summed E-state index contributed by atoms with van der Waals surface area (Å²) in [5.74, 6) is 0.433. The molecule has 4 nitrogen and oxygen atoms in total. The number of halogens is 3. The average molecular weight is 345 g/mol. The third kappa shape index (κ3) is 5.34. The van der Waals surface area contributed by atoms with Crippen molar-refractivity contribution in [3.8, 4) is 0 Å². The maximum absolute atomic E-state index is 12.4. The summed E-state index contributed by atoms with van der Waals surface area (Å²) in [6, 6.07) is 2.68. The van der Waals surface area contributed by atoms with E-state index in [-0.39, 0.29) is 6.10 Å². The number of pyridine rings is 1. The van der Waals surface area contributed by atoms with Crippen LogP contribution in [-0.2, 0) is 6.18 Å². The summed E-state index contributed by atoms with van der Waals surface area (Å²) in [5.41, 5.74) is -0.626. The monoisotopic (exact) mass is 345 g/mol. The second-order valence-electron chi connectivity index (χ2n) is 6.60. The fraction of sp³-hybridized carbons (Fsp3) is 0.706. The molecule has 1 aromatic heterocycles. The molecule has 3 rings (SSSR count). The van der Waals surface area contributed by atoms with Gasteiger partial charge in [-0.25, -0.2) is 4.98 Å². The highest BCUT2D eigenvalue weighted by Crippen LogP contribution is 2.31. The molecule has 2 aliphatic rings. The Morgan fingerprint density at radius 1 is 1.21 bits per heavy atom. The van der Waals surface area contributed by atoms with Gasteiger partial charge in [0.1, 0.15) is 5.82 Å². The third-order valence-corrected chi connectivity index (χ3v) is 4.68. The van der Waals surface area contributed by atoms with Crippen molar-refractivity contribution in [3.63, 3.8) is 0 Å². The van der Waals surface area contributed by atoms with Gasteiger partial charge in [-0.2, -0.15) is 13.2 Å². The zero-order valence-corrected chi connectivity index (χ0v) is 14.3. The third-order valence-electron chi connectivity index (χ3n) is 4.68. The molecule has 2 fully saturated rings. The summed E-state index contributed by atoms with van der Waals surface area (Å²) in [5, 5.41) is 9.17. The normalized spacial score (nSPS) is 25.3. The highest BCUT2D eigenvalue weighted by molar-refractivity contribution is 5.42. The van der Waals surface area contributed by atoms with Crippen LogP contribution in [-0.4, -0.2) is 53.8 Å². The van der Waals surface area contributed by atoms with E-state index >= 15 is 0 Å². The van der Waals surface area contributed by atoms with Gasteiger partial charge in [0.25, 0.3) is 0 Å². The molecule has 0 amide bonds. The highest BCUT2D eigenvalue weighted by atomic mass is 19.4. The van der Waals surface area contributed by atoms with Crippen LogP contribution >= 0.6 is 0 Å². The molecule has 0 aromatic carbocycles. The first-order valence-electron chi connectivity index (χ1n) is 8.44. The molecule has 2 saturated heterocycles. The minimum atomic E-state index is -4.28. The van der Waals surface area contributed by atoms with Gasteiger partial charge in [0.05, 0.1) is 11.7 Å². The van der Waals surface area contributed by atoms with Crippen LogP contribution in [0.25, 0.3) is 0 Å². The molecule has 2 aliphatic heterocycles. The number of anilines is 1. The van der Waals surface area contributed by atoms with E-state index in [2.05, 4.69) is 23.9 Å². The zero-order chi connectivity index (χ0) is 17.7. The van der Waals surface area contributed by atoms with Crippen LogP contribution < -0.4 is 4.90 Å². The van der Waals surface area contributed by atoms with Gasteiger partial charge in [-0.3, -0.25) is 0 Å². The van der Waals surface area contributed by atoms with Gasteiger partial charge < -0.3 is 14.9 Å². The van der Waals surface area contributed by atoms with Crippen LogP contribution in [0.2, 0.25) is 0 Å². The van der Waals surface area contributed by atoms with Crippen LogP contribution in [0.5, 0.6) is 0 Å². The van der Waals surface area contributed by atoms with Gasteiger partial charge in [-0.15, -0.1) is 0 Å². The fourth-order valence-electron chi connectivity index (χ4n) is 2.98. The van der Waals surface area contributed by atoms with E-state index in [1.807, 2.05) is 4.90 Å². The Morgan fingerprint density at radius 2 is 1.88 bits per heavy atom. The summed E-state index contributed by atoms with van der Waals surface area (Å²) in [4.78, 5) is 8.13. The van der Waals surface area contributed by atoms with Crippen LogP contribution in [0.3, 0.4) is 0 Å². The lowest BCUT2D eigenvalue weighted by Crippen LogP contribution is -2.39. The Morgan fingerprint density at radius 3 is 2.42 bits per heavy atom. The van der Waals surface area contributed by atoms with Crippen molar-refractivity contribution in [1.82, 2.24) is 9.88 Å². The van der Waals surface area contributed by atoms with E-state index in [0.717, 1.165) is 57.5 Å². The molecule has 0 aliphatic carbocycles. The average Bonchev–Trinajstić information content (AvgIpc) is 3.06. The topological polar surface area (TPSA) is 39.6 Å². The van der Waals surface area contributed by atoms with Gasteiger partial charge >= 0.3 is 6.18 Å². The van der Waals surface area contributed by atoms with Crippen molar-refractivity contribution >= 4 is 5.82 Å².